The Morgan fingerprint density at radius 2 is 1.14 bits per heavy atom. The van der Waals surface area contributed by atoms with Crippen LogP contribution in [0.1, 0.15) is 27.5 Å². The third-order valence-electron chi connectivity index (χ3n) is 5.46. The lowest BCUT2D eigenvalue weighted by Gasteiger charge is -2.20. The fraction of sp³-hybridized carbons (Fsp3) is 0.259. The van der Waals surface area contributed by atoms with Gasteiger partial charge in [0.05, 0.1) is 41.6 Å². The minimum absolute atomic E-state index is 0.102. The largest absolute Gasteiger partial charge is 0.497 e. The summed E-state index contributed by atoms with van der Waals surface area (Å²) >= 11 is 0. The Hall–Kier alpha value is -4.40. The molecule has 0 unspecified atom stereocenters. The molecular weight excluding hydrogens is 466 g/mol. The molecule has 9 nitrogen and oxygen atoms in total. The molecule has 0 spiro atoms. The van der Waals surface area contributed by atoms with Crippen molar-refractivity contribution < 1.29 is 38.0 Å². The Balaban J connectivity index is 1.77. The highest BCUT2D eigenvalue weighted by Crippen LogP contribution is 2.35. The number of benzene rings is 3. The molecule has 3 rings (SSSR count). The Morgan fingerprint density at radius 1 is 0.667 bits per heavy atom. The Kier molecular flexibility index (Phi) is 8.99. The van der Waals surface area contributed by atoms with Crippen molar-refractivity contribution in [2.45, 2.75) is 6.04 Å². The Morgan fingerprint density at radius 3 is 1.58 bits per heavy atom. The molecule has 1 amide bonds. The first-order valence-corrected chi connectivity index (χ1v) is 11.0. The summed E-state index contributed by atoms with van der Waals surface area (Å²) in [6, 6.07) is 17.1. The van der Waals surface area contributed by atoms with Crippen LogP contribution in [0.15, 0.2) is 60.7 Å². The minimum atomic E-state index is -0.742. The lowest BCUT2D eigenvalue weighted by molar-refractivity contribution is -0.124. The summed E-state index contributed by atoms with van der Waals surface area (Å²) in [6.07, 6.45) is 0. The Labute approximate surface area is 209 Å². The summed E-state index contributed by atoms with van der Waals surface area (Å²) in [5.74, 6) is 1.10. The van der Waals surface area contributed by atoms with Crippen LogP contribution in [-0.2, 0) is 9.53 Å². The molecule has 0 bridgehead atoms. The lowest BCUT2D eigenvalue weighted by atomic mass is 9.98. The molecular formula is C27H29NO8. The molecule has 36 heavy (non-hydrogen) atoms. The van der Waals surface area contributed by atoms with Gasteiger partial charge in [0.1, 0.15) is 22.8 Å². The SMILES string of the molecule is COc1ccc(C(NC(=O)COC(=O)c2cc(OC)c(OC)cc2OC)c2ccc(OC)cc2)cc1. The number of amides is 1. The average molecular weight is 496 g/mol. The van der Waals surface area contributed by atoms with Gasteiger partial charge >= 0.3 is 5.97 Å². The van der Waals surface area contributed by atoms with Crippen LogP contribution in [0, 0.1) is 0 Å². The first kappa shape index (κ1) is 26.2. The second-order valence-corrected chi connectivity index (χ2v) is 7.53. The van der Waals surface area contributed by atoms with Gasteiger partial charge in [-0.2, -0.15) is 0 Å². The third kappa shape index (κ3) is 6.18. The quantitative estimate of drug-likeness (QED) is 0.401. The van der Waals surface area contributed by atoms with Gasteiger partial charge in [0.25, 0.3) is 5.91 Å². The maximum Gasteiger partial charge on any atom is 0.342 e. The van der Waals surface area contributed by atoms with Crippen LogP contribution in [0.25, 0.3) is 0 Å². The van der Waals surface area contributed by atoms with Crippen molar-refractivity contribution >= 4 is 11.9 Å². The standard InChI is InChI=1S/C27H29NO8/c1-31-19-10-6-17(7-11-19)26(18-8-12-20(32-2)13-9-18)28-25(29)16-36-27(30)21-14-23(34-4)24(35-5)15-22(21)33-3/h6-15,26H,16H2,1-5H3,(H,28,29). The van der Waals surface area contributed by atoms with Gasteiger partial charge in [-0.1, -0.05) is 24.3 Å². The van der Waals surface area contributed by atoms with E-state index in [9.17, 15) is 9.59 Å². The highest BCUT2D eigenvalue weighted by Gasteiger charge is 2.22. The van der Waals surface area contributed by atoms with Crippen molar-refractivity contribution in [1.29, 1.82) is 0 Å². The fourth-order valence-corrected chi connectivity index (χ4v) is 3.55. The van der Waals surface area contributed by atoms with E-state index >= 15 is 0 Å². The van der Waals surface area contributed by atoms with Crippen molar-refractivity contribution in [2.24, 2.45) is 0 Å². The molecule has 0 aliphatic heterocycles. The van der Waals surface area contributed by atoms with Crippen molar-refractivity contribution in [3.8, 4) is 28.7 Å². The summed E-state index contributed by atoms with van der Waals surface area (Å²) in [7, 11) is 7.51. The number of rotatable bonds is 11. The molecule has 0 saturated carbocycles. The van der Waals surface area contributed by atoms with Gasteiger partial charge < -0.3 is 33.7 Å². The maximum absolute atomic E-state index is 12.8. The van der Waals surface area contributed by atoms with Crippen LogP contribution >= 0.6 is 0 Å². The zero-order valence-electron chi connectivity index (χ0n) is 20.8. The molecule has 0 aliphatic carbocycles. The zero-order chi connectivity index (χ0) is 26.1. The smallest absolute Gasteiger partial charge is 0.342 e. The van der Waals surface area contributed by atoms with E-state index in [4.69, 9.17) is 28.4 Å². The maximum atomic E-state index is 12.8. The van der Waals surface area contributed by atoms with Gasteiger partial charge in [-0.15, -0.1) is 0 Å². The van der Waals surface area contributed by atoms with Crippen molar-refractivity contribution in [3.63, 3.8) is 0 Å². The molecule has 0 heterocycles. The first-order valence-electron chi connectivity index (χ1n) is 11.0. The number of carbonyl (C=O) groups excluding carboxylic acids is 2. The van der Waals surface area contributed by atoms with Crippen molar-refractivity contribution in [1.82, 2.24) is 5.32 Å². The normalized spacial score (nSPS) is 10.4. The van der Waals surface area contributed by atoms with Gasteiger partial charge in [0, 0.05) is 12.1 Å². The molecule has 0 saturated heterocycles. The van der Waals surface area contributed by atoms with E-state index in [1.54, 1.807) is 38.5 Å². The lowest BCUT2D eigenvalue weighted by Crippen LogP contribution is -2.33. The number of hydrogen-bond acceptors (Lipinski definition) is 8. The predicted octanol–water partition coefficient (Wildman–Crippen LogP) is 3.79. The summed E-state index contributed by atoms with van der Waals surface area (Å²) < 4.78 is 31.5. The first-order chi connectivity index (χ1) is 17.4. The fourth-order valence-electron chi connectivity index (χ4n) is 3.55. The highest BCUT2D eigenvalue weighted by molar-refractivity contribution is 5.95. The average Bonchev–Trinajstić information content (AvgIpc) is 2.93. The summed E-state index contributed by atoms with van der Waals surface area (Å²) in [4.78, 5) is 25.6. The molecule has 190 valence electrons. The van der Waals surface area contributed by atoms with E-state index in [0.29, 0.717) is 23.0 Å². The van der Waals surface area contributed by atoms with Crippen molar-refractivity contribution in [2.75, 3.05) is 42.2 Å². The molecule has 1 N–H and O–H groups in total. The van der Waals surface area contributed by atoms with E-state index in [2.05, 4.69) is 5.32 Å². The number of esters is 1. The molecule has 0 radical (unpaired) electrons. The van der Waals surface area contributed by atoms with Gasteiger partial charge in [0.2, 0.25) is 0 Å². The molecule has 3 aromatic rings. The van der Waals surface area contributed by atoms with Crippen LogP contribution in [0.5, 0.6) is 28.7 Å². The van der Waals surface area contributed by atoms with E-state index in [1.807, 2.05) is 24.3 Å². The molecule has 0 aliphatic rings. The molecule has 0 fully saturated rings. The van der Waals surface area contributed by atoms with Crippen LogP contribution < -0.4 is 29.0 Å². The highest BCUT2D eigenvalue weighted by atomic mass is 16.5. The van der Waals surface area contributed by atoms with Crippen LogP contribution in [0.2, 0.25) is 0 Å². The predicted molar refractivity (Wildman–Crippen MR) is 132 cm³/mol. The van der Waals surface area contributed by atoms with E-state index < -0.39 is 24.5 Å². The number of carbonyl (C=O) groups is 2. The topological polar surface area (TPSA) is 102 Å². The summed E-state index contributed by atoms with van der Waals surface area (Å²) in [5, 5.41) is 2.93. The van der Waals surface area contributed by atoms with Gasteiger partial charge in [0.15, 0.2) is 18.1 Å². The zero-order valence-corrected chi connectivity index (χ0v) is 20.8. The van der Waals surface area contributed by atoms with Crippen LogP contribution in [0.4, 0.5) is 0 Å². The number of methoxy groups -OCH3 is 5. The monoisotopic (exact) mass is 495 g/mol. The molecule has 0 aromatic heterocycles. The summed E-state index contributed by atoms with van der Waals surface area (Å²) in [6.45, 7) is -0.501. The van der Waals surface area contributed by atoms with Gasteiger partial charge in [-0.3, -0.25) is 4.79 Å². The Bertz CT molecular complexity index is 1130. The second kappa shape index (κ2) is 12.3. The molecule has 3 aromatic carbocycles. The van der Waals surface area contributed by atoms with E-state index in [1.165, 1.54) is 33.5 Å². The molecule has 9 heteroatoms. The van der Waals surface area contributed by atoms with Crippen LogP contribution in [-0.4, -0.2) is 54.0 Å². The molecule has 0 atom stereocenters. The van der Waals surface area contributed by atoms with E-state index in [-0.39, 0.29) is 11.3 Å². The number of hydrogen-bond donors (Lipinski definition) is 1. The van der Waals surface area contributed by atoms with Crippen molar-refractivity contribution in [3.05, 3.63) is 77.4 Å². The number of ether oxygens (including phenoxy) is 6. The second-order valence-electron chi connectivity index (χ2n) is 7.53. The van der Waals surface area contributed by atoms with Gasteiger partial charge in [-0.25, -0.2) is 4.79 Å². The minimum Gasteiger partial charge on any atom is -0.497 e. The number of nitrogens with one attached hydrogen (secondary N) is 1. The van der Waals surface area contributed by atoms with Crippen LogP contribution in [0.3, 0.4) is 0 Å². The van der Waals surface area contributed by atoms with Gasteiger partial charge in [-0.05, 0) is 35.4 Å². The third-order valence-corrected chi connectivity index (χ3v) is 5.46. The van der Waals surface area contributed by atoms with E-state index in [0.717, 1.165) is 11.1 Å². The summed E-state index contributed by atoms with van der Waals surface area (Å²) in [5.41, 5.74) is 1.74.